The Labute approximate surface area is 664 Å². The molecule has 4 aromatic carbocycles. The van der Waals surface area contributed by atoms with E-state index in [1.807, 2.05) is 109 Å². The standard InChI is InChI=1S/2C25H29N2O.2C24H27N2O/c2*1-15-8-10-19-20-11-9-17(3)26-24(20)28-23(19)22(15)21-12-16(2)18(14-27(21)7)13-25(4,5)6;2*1-15-9-10-18-19-8-7-11-25-23(19)27-22(18)21(15)20-12-16(2)17(14-26(20)6)13-24(3,4)5/h2*8-12,14H,13H2,1-7H3;2*7-12,14H,13H2,1-6H3/q4*+1/i13D2;;3D3,4D3,13D2;. The fraction of sp³-hybridized carbons (Fsp3) is 0.347. The lowest BCUT2D eigenvalue weighted by atomic mass is 9.86. The van der Waals surface area contributed by atoms with Gasteiger partial charge in [0.2, 0.25) is 45.6 Å². The van der Waals surface area contributed by atoms with Gasteiger partial charge in [-0.2, -0.15) is 0 Å². The van der Waals surface area contributed by atoms with Crippen LogP contribution in [-0.2, 0) is 53.8 Å². The van der Waals surface area contributed by atoms with E-state index in [-0.39, 0.29) is 16.4 Å². The highest BCUT2D eigenvalue weighted by atomic mass is 16.4. The normalized spacial score (nSPS) is 14.1. The van der Waals surface area contributed by atoms with Crippen molar-refractivity contribution >= 4 is 88.3 Å². The molecule has 564 valence electrons. The van der Waals surface area contributed by atoms with Crippen molar-refractivity contribution in [2.75, 3.05) is 0 Å². The number of furan rings is 4. The van der Waals surface area contributed by atoms with E-state index in [0.29, 0.717) is 45.3 Å². The second-order valence-electron chi connectivity index (χ2n) is 34.1. The van der Waals surface area contributed by atoms with Crippen molar-refractivity contribution in [2.24, 2.45) is 49.9 Å². The van der Waals surface area contributed by atoms with E-state index in [2.05, 4.69) is 205 Å². The van der Waals surface area contributed by atoms with Crippen molar-refractivity contribution in [1.82, 2.24) is 19.9 Å². The Kier molecular flexibility index (Phi) is 17.5. The van der Waals surface area contributed by atoms with Crippen LogP contribution in [0.3, 0.4) is 0 Å². The highest BCUT2D eigenvalue weighted by Crippen LogP contribution is 2.43. The Hall–Kier alpha value is -10.7. The van der Waals surface area contributed by atoms with E-state index in [9.17, 15) is 0 Å². The largest absolute Gasteiger partial charge is 0.437 e. The maximum atomic E-state index is 8.80. The summed E-state index contributed by atoms with van der Waals surface area (Å²) in [6.07, 6.45) is 9.39. The van der Waals surface area contributed by atoms with Gasteiger partial charge in [-0.05, 0) is 210 Å². The van der Waals surface area contributed by atoms with Crippen LogP contribution in [0.1, 0.15) is 175 Å². The molecule has 16 rings (SSSR count). The van der Waals surface area contributed by atoms with Gasteiger partial charge in [-0.1, -0.05) is 131 Å². The monoisotopic (exact) mass is 1470 g/mol. The van der Waals surface area contributed by atoms with Crippen LogP contribution in [0.2, 0.25) is 0 Å². The van der Waals surface area contributed by atoms with Crippen LogP contribution >= 0.6 is 0 Å². The highest BCUT2D eigenvalue weighted by Gasteiger charge is 2.30. The predicted molar refractivity (Wildman–Crippen MR) is 453 cm³/mol. The number of aryl methyl sites for hydroxylation is 14. The molecule has 12 aromatic heterocycles. The zero-order valence-corrected chi connectivity index (χ0v) is 68.6. The molecular formula is C98H112N8O4+4. The maximum absolute atomic E-state index is 8.80. The van der Waals surface area contributed by atoms with Crippen LogP contribution in [0.5, 0.6) is 0 Å². The van der Waals surface area contributed by atoms with Gasteiger partial charge in [-0.25, -0.2) is 38.2 Å². The zero-order chi connectivity index (χ0) is 87.7. The van der Waals surface area contributed by atoms with Gasteiger partial charge in [0.15, 0.2) is 47.1 Å². The Morgan fingerprint density at radius 1 is 0.318 bits per heavy atom. The summed E-state index contributed by atoms with van der Waals surface area (Å²) in [6.45, 7) is 34.7. The summed E-state index contributed by atoms with van der Waals surface area (Å²) in [6, 6.07) is 41.3. The lowest BCUT2D eigenvalue weighted by Crippen LogP contribution is -2.32. The summed E-state index contributed by atoms with van der Waals surface area (Å²) >= 11 is 0. The first-order valence-corrected chi connectivity index (χ1v) is 38.0. The van der Waals surface area contributed by atoms with Gasteiger partial charge >= 0.3 is 0 Å². The molecule has 0 aliphatic rings. The molecule has 0 bridgehead atoms. The number of hydrogen-bond acceptors (Lipinski definition) is 8. The third-order valence-electron chi connectivity index (χ3n) is 20.5. The molecule has 0 N–H and O–H groups in total. The minimum atomic E-state index is -3.07. The van der Waals surface area contributed by atoms with Crippen LogP contribution in [0.4, 0.5) is 0 Å². The summed E-state index contributed by atoms with van der Waals surface area (Å²) in [5.74, 6) is 0. The minimum absolute atomic E-state index is 0.00889. The predicted octanol–water partition coefficient (Wildman–Crippen LogP) is 23.3. The lowest BCUT2D eigenvalue weighted by Gasteiger charge is -2.19. The van der Waals surface area contributed by atoms with Crippen LogP contribution in [0.25, 0.3) is 133 Å². The molecule has 0 fully saturated rings. The van der Waals surface area contributed by atoms with Crippen molar-refractivity contribution in [3.8, 4) is 45.0 Å². The smallest absolute Gasteiger partial charge is 0.227 e. The molecule has 110 heavy (non-hydrogen) atoms. The fourth-order valence-corrected chi connectivity index (χ4v) is 15.2. The first-order chi connectivity index (χ1) is 55.8. The molecule has 0 unspecified atom stereocenters. The average molecular weight is 1480 g/mol. The summed E-state index contributed by atoms with van der Waals surface area (Å²) in [5.41, 5.74) is 25.3. The number of hydrogen-bond donors (Lipinski definition) is 0. The van der Waals surface area contributed by atoms with Crippen LogP contribution < -0.4 is 18.3 Å². The van der Waals surface area contributed by atoms with E-state index in [4.69, 9.17) is 31.4 Å². The van der Waals surface area contributed by atoms with Crippen molar-refractivity contribution < 1.29 is 49.6 Å². The number of nitrogens with zero attached hydrogens (tertiary/aromatic N) is 8. The molecule has 0 spiro atoms. The van der Waals surface area contributed by atoms with Gasteiger partial charge in [-0.15, -0.1) is 0 Å². The summed E-state index contributed by atoms with van der Waals surface area (Å²) in [4.78, 5) is 17.9. The third-order valence-corrected chi connectivity index (χ3v) is 20.5. The van der Waals surface area contributed by atoms with Crippen molar-refractivity contribution in [2.45, 2.75) is 178 Å². The Balaban J connectivity index is 0.000000139. The molecule has 0 saturated carbocycles. The van der Waals surface area contributed by atoms with E-state index in [1.165, 1.54) is 51.0 Å². The summed E-state index contributed by atoms with van der Waals surface area (Å²) in [5, 5.41) is 8.21. The molecule has 12 heterocycles. The molecule has 0 aliphatic carbocycles. The average Bonchev–Trinajstić information content (AvgIpc) is 0.952. The molecular weight excluding hydrogens is 1350 g/mol. The minimum Gasteiger partial charge on any atom is -0.437 e. The number of fused-ring (bicyclic) bond motifs is 12. The van der Waals surface area contributed by atoms with Crippen LogP contribution in [0, 0.1) is 90.9 Å². The molecule has 12 heteroatoms. The fourth-order valence-electron chi connectivity index (χ4n) is 15.2. The van der Waals surface area contributed by atoms with Gasteiger partial charge in [0, 0.05) is 127 Å². The summed E-state index contributed by atoms with van der Waals surface area (Å²) in [7, 11) is 7.94. The van der Waals surface area contributed by atoms with E-state index in [1.54, 1.807) is 37.0 Å². The Morgan fingerprint density at radius 2 is 0.591 bits per heavy atom. The molecule has 0 radical (unpaired) electrons. The first-order valence-electron chi connectivity index (χ1n) is 43.0. The van der Waals surface area contributed by atoms with Crippen molar-refractivity contribution in [3.05, 3.63) is 237 Å². The number of benzene rings is 4. The molecule has 16 aromatic rings. The number of aromatic nitrogens is 8. The van der Waals surface area contributed by atoms with Crippen LogP contribution in [-0.4, -0.2) is 19.9 Å². The van der Waals surface area contributed by atoms with Gasteiger partial charge in [-0.3, -0.25) is 0 Å². The van der Waals surface area contributed by atoms with Crippen molar-refractivity contribution in [1.29, 1.82) is 0 Å². The maximum Gasteiger partial charge on any atom is 0.227 e. The zero-order valence-electron chi connectivity index (χ0n) is 78.6. The SMILES string of the molecule is Cc1cc(-c2c(C)ccc3c2oc2ncccc23)[n+](C)cc1CC(C)(C)C.Cc1ccc2c(n1)oc1c(-c3cc(C)c(CC(C)(C)C)c[n+]3C)c(C)ccc12.[2H]C([2H])([2H])C(C)(C([2H])([2H])[2H])C([2H])([2H])c1c[n+](C)c(-c2c(C)ccc3c2oc2ncccc23)cc1C.[2H]C([2H])(c1c[n+](C)c(-c2c(C)ccc3c2oc2nc(C)ccc23)cc1C)C(C)(C)C. The second kappa shape index (κ2) is 29.6. The van der Waals surface area contributed by atoms with E-state index >= 15 is 0 Å². The molecule has 0 amide bonds. The Morgan fingerprint density at radius 3 is 0.891 bits per heavy atom. The van der Waals surface area contributed by atoms with E-state index < -0.39 is 37.3 Å². The van der Waals surface area contributed by atoms with Gasteiger partial charge in [0.25, 0.3) is 0 Å². The van der Waals surface area contributed by atoms with Crippen molar-refractivity contribution in [3.63, 3.8) is 0 Å². The number of pyridine rings is 8. The first kappa shape index (κ1) is 65.2. The highest BCUT2D eigenvalue weighted by molar-refractivity contribution is 6.12. The second-order valence-corrected chi connectivity index (χ2v) is 34.1. The molecule has 0 saturated heterocycles. The van der Waals surface area contributed by atoms with Crippen LogP contribution in [0.15, 0.2) is 176 Å². The van der Waals surface area contributed by atoms with Gasteiger partial charge in [0.1, 0.15) is 28.2 Å². The van der Waals surface area contributed by atoms with Gasteiger partial charge in [0.05, 0.1) is 22.3 Å². The summed E-state index contributed by atoms with van der Waals surface area (Å²) < 4.78 is 116. The quantitative estimate of drug-likeness (QED) is 0.138. The third kappa shape index (κ3) is 16.0. The topological polar surface area (TPSA) is 120 Å². The lowest BCUT2D eigenvalue weighted by molar-refractivity contribution is -0.661. The molecule has 0 atom stereocenters. The van der Waals surface area contributed by atoms with Gasteiger partial charge < -0.3 is 17.7 Å². The number of rotatable bonds is 8. The molecule has 0 aliphatic heterocycles. The van der Waals surface area contributed by atoms with E-state index in [0.717, 1.165) is 136 Å². The molecule has 12 nitrogen and oxygen atoms in total. The Bertz CT molecular complexity index is 6720.